The normalized spacial score (nSPS) is 15.1. The quantitative estimate of drug-likeness (QED) is 0.612. The maximum absolute atomic E-state index is 11.6. The number of anilines is 1. The highest BCUT2D eigenvalue weighted by atomic mass is 79.9. The molecule has 7 nitrogen and oxygen atoms in total. The lowest BCUT2D eigenvalue weighted by Crippen LogP contribution is -2.47. The summed E-state index contributed by atoms with van der Waals surface area (Å²) in [4.78, 5) is 16.3. The van der Waals surface area contributed by atoms with Gasteiger partial charge in [0.2, 0.25) is 5.13 Å². The van der Waals surface area contributed by atoms with E-state index in [1.165, 1.54) is 0 Å². The van der Waals surface area contributed by atoms with E-state index >= 15 is 0 Å². The van der Waals surface area contributed by atoms with Gasteiger partial charge in [-0.1, -0.05) is 11.3 Å². The monoisotopic (exact) mass is 440 g/mol. The molecule has 140 valence electrons. The second-order valence-corrected chi connectivity index (χ2v) is 7.99. The number of esters is 1. The molecular formula is C17H21BrN4O3S. The van der Waals surface area contributed by atoms with Gasteiger partial charge in [0, 0.05) is 32.7 Å². The van der Waals surface area contributed by atoms with Crippen molar-refractivity contribution >= 4 is 38.4 Å². The summed E-state index contributed by atoms with van der Waals surface area (Å²) in [5, 5.41) is 9.14. The van der Waals surface area contributed by atoms with Crippen molar-refractivity contribution in [3.8, 4) is 5.75 Å². The van der Waals surface area contributed by atoms with Gasteiger partial charge < -0.3 is 14.4 Å². The van der Waals surface area contributed by atoms with Crippen LogP contribution in [0.4, 0.5) is 5.13 Å². The van der Waals surface area contributed by atoms with Crippen LogP contribution >= 0.6 is 27.3 Å². The van der Waals surface area contributed by atoms with Crippen molar-refractivity contribution in [1.82, 2.24) is 15.1 Å². The lowest BCUT2D eigenvalue weighted by molar-refractivity contribution is 0.0526. The summed E-state index contributed by atoms with van der Waals surface area (Å²) in [6, 6.07) is 7.06. The predicted molar refractivity (Wildman–Crippen MR) is 104 cm³/mol. The van der Waals surface area contributed by atoms with Crippen LogP contribution in [-0.2, 0) is 4.74 Å². The molecule has 1 aliphatic rings. The molecule has 9 heteroatoms. The first-order valence-corrected chi connectivity index (χ1v) is 10.1. The van der Waals surface area contributed by atoms with E-state index in [0.29, 0.717) is 18.8 Å². The van der Waals surface area contributed by atoms with Crippen LogP contribution in [0.2, 0.25) is 0 Å². The summed E-state index contributed by atoms with van der Waals surface area (Å²) in [7, 11) is 0. The molecule has 1 fully saturated rings. The summed E-state index contributed by atoms with van der Waals surface area (Å²) >= 11 is 4.91. The van der Waals surface area contributed by atoms with Crippen LogP contribution in [0.25, 0.3) is 0 Å². The van der Waals surface area contributed by atoms with Crippen LogP contribution in [0.1, 0.15) is 17.3 Å². The minimum absolute atomic E-state index is 0.306. The van der Waals surface area contributed by atoms with Crippen molar-refractivity contribution in [3.05, 3.63) is 33.7 Å². The number of piperazine rings is 1. The molecule has 1 aliphatic heterocycles. The molecule has 0 atom stereocenters. The molecule has 2 heterocycles. The molecule has 3 rings (SSSR count). The van der Waals surface area contributed by atoms with Crippen LogP contribution < -0.4 is 9.64 Å². The van der Waals surface area contributed by atoms with Gasteiger partial charge in [0.25, 0.3) is 0 Å². The fourth-order valence-corrected chi connectivity index (χ4v) is 3.82. The van der Waals surface area contributed by atoms with Gasteiger partial charge in [-0.25, -0.2) is 4.79 Å². The number of hydrogen-bond acceptors (Lipinski definition) is 8. The average molecular weight is 441 g/mol. The molecule has 1 saturated heterocycles. The lowest BCUT2D eigenvalue weighted by Gasteiger charge is -2.34. The second kappa shape index (κ2) is 9.29. The third-order valence-corrected chi connectivity index (χ3v) is 5.49. The van der Waals surface area contributed by atoms with Crippen LogP contribution in [-0.4, -0.2) is 67.0 Å². The van der Waals surface area contributed by atoms with Gasteiger partial charge in [0.05, 0.1) is 12.2 Å². The van der Waals surface area contributed by atoms with Crippen molar-refractivity contribution in [2.24, 2.45) is 0 Å². The highest BCUT2D eigenvalue weighted by Gasteiger charge is 2.19. The van der Waals surface area contributed by atoms with E-state index in [4.69, 9.17) is 9.47 Å². The molecule has 1 aromatic carbocycles. The average Bonchev–Trinajstić information content (AvgIpc) is 3.09. The third kappa shape index (κ3) is 5.15. The number of rotatable bonds is 7. The first-order chi connectivity index (χ1) is 12.7. The number of hydrogen-bond donors (Lipinski definition) is 0. The van der Waals surface area contributed by atoms with Crippen molar-refractivity contribution in [1.29, 1.82) is 0 Å². The Hall–Kier alpha value is -1.71. The zero-order chi connectivity index (χ0) is 18.4. The Morgan fingerprint density at radius 1 is 1.19 bits per heavy atom. The molecule has 0 spiro atoms. The third-order valence-electron chi connectivity index (χ3n) is 4.07. The molecule has 0 aliphatic carbocycles. The highest BCUT2D eigenvalue weighted by Crippen LogP contribution is 2.24. The molecular weight excluding hydrogens is 420 g/mol. The molecule has 0 amide bonds. The van der Waals surface area contributed by atoms with E-state index in [0.717, 1.165) is 47.5 Å². The van der Waals surface area contributed by atoms with E-state index in [2.05, 4.69) is 35.9 Å². The molecule has 0 unspecified atom stereocenters. The van der Waals surface area contributed by atoms with E-state index in [1.807, 2.05) is 0 Å². The van der Waals surface area contributed by atoms with E-state index in [1.54, 1.807) is 42.5 Å². The largest absolute Gasteiger partial charge is 0.492 e. The van der Waals surface area contributed by atoms with Gasteiger partial charge in [-0.15, -0.1) is 10.2 Å². The Kier molecular flexibility index (Phi) is 6.81. The summed E-state index contributed by atoms with van der Waals surface area (Å²) in [5.74, 6) is 0.453. The van der Waals surface area contributed by atoms with E-state index in [-0.39, 0.29) is 5.97 Å². The molecule has 0 bridgehead atoms. The topological polar surface area (TPSA) is 67.8 Å². The summed E-state index contributed by atoms with van der Waals surface area (Å²) in [6.45, 7) is 7.48. The number of nitrogens with zero attached hydrogens (tertiary/aromatic N) is 4. The van der Waals surface area contributed by atoms with Gasteiger partial charge in [-0.3, -0.25) is 4.90 Å². The summed E-state index contributed by atoms with van der Waals surface area (Å²) < 4.78 is 11.6. The number of halogens is 1. The van der Waals surface area contributed by atoms with Crippen molar-refractivity contribution in [3.63, 3.8) is 0 Å². The number of carbonyl (C=O) groups is 1. The molecule has 0 radical (unpaired) electrons. The van der Waals surface area contributed by atoms with Crippen LogP contribution in [0, 0.1) is 0 Å². The van der Waals surface area contributed by atoms with Gasteiger partial charge in [-0.2, -0.15) is 0 Å². The fraction of sp³-hybridized carbons (Fsp3) is 0.471. The predicted octanol–water partition coefficient (Wildman–Crippen LogP) is 2.68. The van der Waals surface area contributed by atoms with E-state index in [9.17, 15) is 4.79 Å². The van der Waals surface area contributed by atoms with Crippen LogP contribution in [0.5, 0.6) is 5.75 Å². The van der Waals surface area contributed by atoms with Gasteiger partial charge in [0.1, 0.15) is 12.4 Å². The van der Waals surface area contributed by atoms with Crippen molar-refractivity contribution in [2.75, 3.05) is 50.8 Å². The Morgan fingerprint density at radius 2 is 1.92 bits per heavy atom. The maximum atomic E-state index is 11.6. The minimum Gasteiger partial charge on any atom is -0.492 e. The zero-order valence-corrected chi connectivity index (χ0v) is 17.0. The Balaban J connectivity index is 1.38. The SMILES string of the molecule is CCOC(=O)c1ccc(OCCN2CCN(c3nnc(Br)s3)CC2)cc1. The van der Waals surface area contributed by atoms with Gasteiger partial charge in [-0.05, 0) is 47.1 Å². The second-order valence-electron chi connectivity index (χ2n) is 5.76. The first-order valence-electron chi connectivity index (χ1n) is 8.52. The van der Waals surface area contributed by atoms with E-state index < -0.39 is 0 Å². The van der Waals surface area contributed by atoms with Gasteiger partial charge in [0.15, 0.2) is 3.92 Å². The summed E-state index contributed by atoms with van der Waals surface area (Å²) in [6.07, 6.45) is 0. The standard InChI is InChI=1S/C17H21BrN4O3S/c1-2-24-15(23)13-3-5-14(6-4-13)25-12-11-21-7-9-22(10-8-21)17-20-19-16(18)26-17/h3-6H,2,7-12H2,1H3. The molecule has 2 aromatic rings. The molecule has 1 aromatic heterocycles. The molecule has 0 N–H and O–H groups in total. The Morgan fingerprint density at radius 3 is 2.54 bits per heavy atom. The van der Waals surface area contributed by atoms with Crippen molar-refractivity contribution < 1.29 is 14.3 Å². The summed E-state index contributed by atoms with van der Waals surface area (Å²) in [5.41, 5.74) is 0.540. The van der Waals surface area contributed by atoms with Crippen LogP contribution in [0.3, 0.4) is 0 Å². The lowest BCUT2D eigenvalue weighted by atomic mass is 10.2. The van der Waals surface area contributed by atoms with Crippen LogP contribution in [0.15, 0.2) is 28.2 Å². The fourth-order valence-electron chi connectivity index (χ4n) is 2.68. The van der Waals surface area contributed by atoms with Crippen molar-refractivity contribution in [2.45, 2.75) is 6.92 Å². The Bertz CT molecular complexity index is 717. The zero-order valence-electron chi connectivity index (χ0n) is 14.6. The highest BCUT2D eigenvalue weighted by molar-refractivity contribution is 9.11. The molecule has 26 heavy (non-hydrogen) atoms. The number of carbonyl (C=O) groups excluding carboxylic acids is 1. The minimum atomic E-state index is -0.306. The number of aromatic nitrogens is 2. The van der Waals surface area contributed by atoms with Gasteiger partial charge >= 0.3 is 5.97 Å². The number of ether oxygens (including phenoxy) is 2. The molecule has 0 saturated carbocycles. The Labute approximate surface area is 165 Å². The maximum Gasteiger partial charge on any atom is 0.338 e. The first kappa shape index (κ1) is 19.1. The number of benzene rings is 1. The smallest absolute Gasteiger partial charge is 0.338 e.